The Kier molecular flexibility index (Phi) is 4.03. The summed E-state index contributed by atoms with van der Waals surface area (Å²) >= 11 is 0. The van der Waals surface area contributed by atoms with Gasteiger partial charge in [-0.15, -0.1) is 10.2 Å². The summed E-state index contributed by atoms with van der Waals surface area (Å²) in [6, 6.07) is 9.21. The van der Waals surface area contributed by atoms with E-state index in [1.54, 1.807) is 0 Å². The molecule has 0 atom stereocenters. The molecule has 0 saturated carbocycles. The normalized spacial score (nSPS) is 10.3. The molecule has 0 aliphatic carbocycles. The lowest BCUT2D eigenvalue weighted by Crippen LogP contribution is -2.25. The molecule has 0 spiro atoms. The molecule has 0 unspecified atom stereocenters. The van der Waals surface area contributed by atoms with E-state index in [0.29, 0.717) is 18.9 Å². The molecule has 0 aliphatic heterocycles. The zero-order valence-electron chi connectivity index (χ0n) is 9.67. The van der Waals surface area contributed by atoms with Gasteiger partial charge >= 0.3 is 11.8 Å². The lowest BCUT2D eigenvalue weighted by atomic mass is 10.2. The van der Waals surface area contributed by atoms with Gasteiger partial charge in [-0.1, -0.05) is 18.2 Å². The molecule has 18 heavy (non-hydrogen) atoms. The fraction of sp³-hybridized carbons (Fsp3) is 0.250. The van der Waals surface area contributed by atoms with Gasteiger partial charge < -0.3 is 14.8 Å². The number of aromatic nitrogens is 2. The van der Waals surface area contributed by atoms with E-state index in [-0.39, 0.29) is 12.5 Å². The number of nitrogens with one attached hydrogen (secondary N) is 1. The van der Waals surface area contributed by atoms with Gasteiger partial charge in [-0.2, -0.15) is 0 Å². The van der Waals surface area contributed by atoms with E-state index in [9.17, 15) is 4.79 Å². The van der Waals surface area contributed by atoms with Crippen LogP contribution in [-0.4, -0.2) is 34.4 Å². The van der Waals surface area contributed by atoms with Crippen molar-refractivity contribution in [1.29, 1.82) is 0 Å². The van der Waals surface area contributed by atoms with Gasteiger partial charge in [0.05, 0.1) is 0 Å². The SMILES string of the molecule is O=C(NCCCO)c1nnc(-c2ccccc2)o1. The standard InChI is InChI=1S/C12H13N3O3/c16-8-4-7-13-10(17)12-15-14-11(18-12)9-5-2-1-3-6-9/h1-3,5-6,16H,4,7-8H2,(H,13,17). The van der Waals surface area contributed by atoms with Gasteiger partial charge in [-0.25, -0.2) is 0 Å². The van der Waals surface area contributed by atoms with Gasteiger partial charge in [-0.05, 0) is 18.6 Å². The highest BCUT2D eigenvalue weighted by molar-refractivity contribution is 5.89. The minimum atomic E-state index is -0.432. The summed E-state index contributed by atoms with van der Waals surface area (Å²) in [5.41, 5.74) is 0.763. The Bertz CT molecular complexity index is 510. The van der Waals surface area contributed by atoms with Crippen LogP contribution < -0.4 is 5.32 Å². The fourth-order valence-corrected chi connectivity index (χ4v) is 1.37. The highest BCUT2D eigenvalue weighted by Crippen LogP contribution is 2.16. The molecule has 0 saturated heterocycles. The summed E-state index contributed by atoms with van der Waals surface area (Å²) in [7, 11) is 0. The molecule has 2 N–H and O–H groups in total. The molecule has 1 aromatic carbocycles. The van der Waals surface area contributed by atoms with Crippen LogP contribution in [0.25, 0.3) is 11.5 Å². The third-order valence-corrected chi connectivity index (χ3v) is 2.26. The van der Waals surface area contributed by atoms with Crippen LogP contribution in [0, 0.1) is 0 Å². The minimum Gasteiger partial charge on any atom is -0.412 e. The molecule has 0 bridgehead atoms. The Balaban J connectivity index is 2.04. The van der Waals surface area contributed by atoms with Crippen molar-refractivity contribution in [3.05, 3.63) is 36.2 Å². The number of hydrogen-bond acceptors (Lipinski definition) is 5. The van der Waals surface area contributed by atoms with E-state index in [4.69, 9.17) is 9.52 Å². The maximum Gasteiger partial charge on any atom is 0.308 e. The van der Waals surface area contributed by atoms with Crippen molar-refractivity contribution in [3.8, 4) is 11.5 Å². The molecule has 1 aromatic heterocycles. The summed E-state index contributed by atoms with van der Waals surface area (Å²) < 4.78 is 5.27. The van der Waals surface area contributed by atoms with Gasteiger partial charge in [-0.3, -0.25) is 4.79 Å². The van der Waals surface area contributed by atoms with Gasteiger partial charge in [0.25, 0.3) is 0 Å². The molecular formula is C12H13N3O3. The first-order valence-electron chi connectivity index (χ1n) is 5.59. The summed E-state index contributed by atoms with van der Waals surface area (Å²) in [5, 5.41) is 18.7. The Morgan fingerprint density at radius 1 is 1.28 bits per heavy atom. The van der Waals surface area contributed by atoms with Crippen LogP contribution in [-0.2, 0) is 0 Å². The molecular weight excluding hydrogens is 234 g/mol. The number of benzene rings is 1. The molecule has 0 aliphatic rings. The quantitative estimate of drug-likeness (QED) is 0.765. The van der Waals surface area contributed by atoms with Crippen LogP contribution in [0.1, 0.15) is 17.1 Å². The lowest BCUT2D eigenvalue weighted by Gasteiger charge is -1.98. The summed E-state index contributed by atoms with van der Waals surface area (Å²) in [5.74, 6) is -0.201. The zero-order valence-corrected chi connectivity index (χ0v) is 9.67. The van der Waals surface area contributed by atoms with Gasteiger partial charge in [0, 0.05) is 18.7 Å². The Labute approximate surface area is 104 Å². The maximum absolute atomic E-state index is 11.6. The molecule has 0 fully saturated rings. The second kappa shape index (κ2) is 5.92. The molecule has 2 aromatic rings. The average Bonchev–Trinajstić information content (AvgIpc) is 2.89. The first kappa shape index (κ1) is 12.3. The van der Waals surface area contributed by atoms with E-state index in [1.807, 2.05) is 30.3 Å². The van der Waals surface area contributed by atoms with Crippen LogP contribution in [0.5, 0.6) is 0 Å². The van der Waals surface area contributed by atoms with Crippen LogP contribution in [0.15, 0.2) is 34.7 Å². The molecule has 94 valence electrons. The topological polar surface area (TPSA) is 88.2 Å². The second-order valence-corrected chi connectivity index (χ2v) is 3.61. The average molecular weight is 247 g/mol. The zero-order chi connectivity index (χ0) is 12.8. The Hall–Kier alpha value is -2.21. The van der Waals surface area contributed by atoms with Crippen molar-refractivity contribution in [1.82, 2.24) is 15.5 Å². The number of amides is 1. The van der Waals surface area contributed by atoms with Crippen molar-refractivity contribution in [2.75, 3.05) is 13.2 Å². The van der Waals surface area contributed by atoms with E-state index in [0.717, 1.165) is 5.56 Å². The van der Waals surface area contributed by atoms with Crippen LogP contribution >= 0.6 is 0 Å². The molecule has 0 radical (unpaired) electrons. The molecule has 2 rings (SSSR count). The smallest absolute Gasteiger partial charge is 0.308 e. The fourth-order valence-electron chi connectivity index (χ4n) is 1.37. The highest BCUT2D eigenvalue weighted by Gasteiger charge is 2.14. The number of rotatable bonds is 5. The van der Waals surface area contributed by atoms with E-state index >= 15 is 0 Å². The van der Waals surface area contributed by atoms with Gasteiger partial charge in [0.15, 0.2) is 0 Å². The maximum atomic E-state index is 11.6. The Morgan fingerprint density at radius 3 is 2.78 bits per heavy atom. The van der Waals surface area contributed by atoms with Gasteiger partial charge in [0.2, 0.25) is 5.89 Å². The second-order valence-electron chi connectivity index (χ2n) is 3.61. The monoisotopic (exact) mass is 247 g/mol. The third-order valence-electron chi connectivity index (χ3n) is 2.26. The van der Waals surface area contributed by atoms with Crippen LogP contribution in [0.4, 0.5) is 0 Å². The summed E-state index contributed by atoms with van der Waals surface area (Å²) in [6.45, 7) is 0.401. The lowest BCUT2D eigenvalue weighted by molar-refractivity contribution is 0.0917. The van der Waals surface area contributed by atoms with Crippen molar-refractivity contribution in [2.45, 2.75) is 6.42 Å². The minimum absolute atomic E-state index is 0.0272. The molecule has 6 heteroatoms. The van der Waals surface area contributed by atoms with Crippen molar-refractivity contribution in [3.63, 3.8) is 0 Å². The van der Waals surface area contributed by atoms with Crippen molar-refractivity contribution >= 4 is 5.91 Å². The summed E-state index contributed by atoms with van der Waals surface area (Å²) in [6.07, 6.45) is 0.491. The predicted octanol–water partition coefficient (Wildman–Crippen LogP) is 0.849. The molecule has 1 amide bonds. The largest absolute Gasteiger partial charge is 0.412 e. The number of nitrogens with zero attached hydrogens (tertiary/aromatic N) is 2. The number of carbonyl (C=O) groups excluding carboxylic acids is 1. The van der Waals surface area contributed by atoms with Crippen LogP contribution in [0.2, 0.25) is 0 Å². The summed E-state index contributed by atoms with van der Waals surface area (Å²) in [4.78, 5) is 11.6. The first-order valence-corrected chi connectivity index (χ1v) is 5.59. The first-order chi connectivity index (χ1) is 8.81. The van der Waals surface area contributed by atoms with Crippen molar-refractivity contribution in [2.24, 2.45) is 0 Å². The third kappa shape index (κ3) is 2.92. The van der Waals surface area contributed by atoms with Crippen molar-refractivity contribution < 1.29 is 14.3 Å². The highest BCUT2D eigenvalue weighted by atomic mass is 16.4. The van der Waals surface area contributed by atoms with E-state index < -0.39 is 5.91 Å². The van der Waals surface area contributed by atoms with E-state index in [2.05, 4.69) is 15.5 Å². The predicted molar refractivity (Wildman–Crippen MR) is 63.8 cm³/mol. The van der Waals surface area contributed by atoms with Crippen LogP contribution in [0.3, 0.4) is 0 Å². The number of aliphatic hydroxyl groups excluding tert-OH is 1. The van der Waals surface area contributed by atoms with Gasteiger partial charge in [0.1, 0.15) is 0 Å². The Morgan fingerprint density at radius 2 is 2.06 bits per heavy atom. The molecule has 1 heterocycles. The molecule has 6 nitrogen and oxygen atoms in total. The van der Waals surface area contributed by atoms with E-state index in [1.165, 1.54) is 0 Å². The number of aliphatic hydroxyl groups is 1. The number of carbonyl (C=O) groups is 1. The number of hydrogen-bond donors (Lipinski definition) is 2.